The van der Waals surface area contributed by atoms with Gasteiger partial charge in [0.1, 0.15) is 0 Å². The Morgan fingerprint density at radius 3 is 2.22 bits per heavy atom. The zero-order valence-corrected chi connectivity index (χ0v) is 17.9. The van der Waals surface area contributed by atoms with Gasteiger partial charge in [0.15, 0.2) is 0 Å². The average molecular weight is 495 g/mol. The monoisotopic (exact) mass is 495 g/mol. The van der Waals surface area contributed by atoms with E-state index >= 15 is 0 Å². The summed E-state index contributed by atoms with van der Waals surface area (Å²) in [5.41, 5.74) is 8.08. The summed E-state index contributed by atoms with van der Waals surface area (Å²) in [6.45, 7) is 2.63. The van der Waals surface area contributed by atoms with Gasteiger partial charge in [0.25, 0.3) is 0 Å². The highest BCUT2D eigenvalue weighted by Gasteiger charge is 2.32. The van der Waals surface area contributed by atoms with Crippen LogP contribution >= 0.6 is 30.3 Å². The van der Waals surface area contributed by atoms with Crippen LogP contribution in [-0.2, 0) is 9.59 Å². The molecule has 27 heavy (non-hydrogen) atoms. The SMILES string of the molecule is Cc1ccccc1.NC(=O)CNC(=O)C1=CCN(SI)C1c1ccccc1. The van der Waals surface area contributed by atoms with Crippen LogP contribution in [0.15, 0.2) is 72.3 Å². The Hall–Kier alpha value is -1.84. The lowest BCUT2D eigenvalue weighted by molar-refractivity contribution is -0.122. The summed E-state index contributed by atoms with van der Waals surface area (Å²) in [7, 11) is 1.56. The third-order valence-corrected chi connectivity index (χ3v) is 5.96. The number of benzene rings is 2. The van der Waals surface area contributed by atoms with Crippen molar-refractivity contribution in [3.05, 3.63) is 83.4 Å². The van der Waals surface area contributed by atoms with Gasteiger partial charge in [0.05, 0.1) is 12.6 Å². The number of carbonyl (C=O) groups excluding carboxylic acids is 2. The zero-order chi connectivity index (χ0) is 19.6. The van der Waals surface area contributed by atoms with Gasteiger partial charge < -0.3 is 11.1 Å². The number of amides is 2. The maximum atomic E-state index is 12.2. The Balaban J connectivity index is 0.000000313. The van der Waals surface area contributed by atoms with E-state index in [2.05, 4.69) is 49.9 Å². The van der Waals surface area contributed by atoms with Crippen molar-refractivity contribution in [2.24, 2.45) is 5.73 Å². The number of aryl methyl sites for hydroxylation is 1. The van der Waals surface area contributed by atoms with Crippen molar-refractivity contribution in [2.45, 2.75) is 13.0 Å². The van der Waals surface area contributed by atoms with Crippen molar-refractivity contribution in [1.29, 1.82) is 0 Å². The number of nitrogens with one attached hydrogen (secondary N) is 1. The van der Waals surface area contributed by atoms with Gasteiger partial charge in [0, 0.05) is 33.3 Å². The van der Waals surface area contributed by atoms with Crippen LogP contribution in [0.2, 0.25) is 0 Å². The molecule has 2 aromatic rings. The molecule has 0 radical (unpaired) electrons. The molecule has 3 rings (SSSR count). The van der Waals surface area contributed by atoms with Gasteiger partial charge >= 0.3 is 0 Å². The summed E-state index contributed by atoms with van der Waals surface area (Å²) in [6.07, 6.45) is 1.89. The smallest absolute Gasteiger partial charge is 0.249 e. The first-order valence-corrected chi connectivity index (χ1v) is 11.7. The normalized spacial score (nSPS) is 16.1. The molecule has 0 aromatic heterocycles. The van der Waals surface area contributed by atoms with E-state index in [9.17, 15) is 9.59 Å². The second-order valence-corrected chi connectivity index (χ2v) is 7.73. The van der Waals surface area contributed by atoms with Gasteiger partial charge in [-0.25, -0.2) is 4.31 Å². The van der Waals surface area contributed by atoms with E-state index < -0.39 is 5.91 Å². The van der Waals surface area contributed by atoms with Crippen LogP contribution in [0.5, 0.6) is 0 Å². The maximum absolute atomic E-state index is 12.2. The summed E-state index contributed by atoms with van der Waals surface area (Å²) in [5.74, 6) is -0.793. The van der Waals surface area contributed by atoms with Crippen molar-refractivity contribution < 1.29 is 9.59 Å². The second-order valence-electron chi connectivity index (χ2n) is 5.95. The first-order chi connectivity index (χ1) is 13.0. The van der Waals surface area contributed by atoms with E-state index in [0.717, 1.165) is 5.56 Å². The van der Waals surface area contributed by atoms with Crippen LogP contribution < -0.4 is 11.1 Å². The summed E-state index contributed by atoms with van der Waals surface area (Å²) >= 11 is 2.20. The van der Waals surface area contributed by atoms with Crippen LogP contribution in [0.25, 0.3) is 0 Å². The number of nitrogens with two attached hydrogens (primary N) is 1. The molecule has 1 heterocycles. The van der Waals surface area contributed by atoms with Crippen molar-refractivity contribution in [3.8, 4) is 0 Å². The highest BCUT2D eigenvalue weighted by atomic mass is 127. The fraction of sp³-hybridized carbons (Fsp3) is 0.200. The van der Waals surface area contributed by atoms with Crippen LogP contribution in [0.1, 0.15) is 17.2 Å². The van der Waals surface area contributed by atoms with E-state index in [4.69, 9.17) is 5.73 Å². The minimum absolute atomic E-state index is 0.106. The molecule has 0 aliphatic carbocycles. The molecule has 5 nitrogen and oxygen atoms in total. The van der Waals surface area contributed by atoms with Crippen LogP contribution in [0.4, 0.5) is 0 Å². The predicted octanol–water partition coefficient (Wildman–Crippen LogP) is 3.56. The van der Waals surface area contributed by atoms with Crippen molar-refractivity contribution in [1.82, 2.24) is 9.62 Å². The number of carbonyl (C=O) groups is 2. The second kappa shape index (κ2) is 11.1. The Morgan fingerprint density at radius 2 is 1.74 bits per heavy atom. The number of rotatable bonds is 5. The van der Waals surface area contributed by atoms with Gasteiger partial charge in [-0.05, 0) is 21.6 Å². The third-order valence-electron chi connectivity index (χ3n) is 3.90. The Labute approximate surface area is 176 Å². The van der Waals surface area contributed by atoms with Crippen molar-refractivity contribution in [2.75, 3.05) is 13.1 Å². The van der Waals surface area contributed by atoms with E-state index in [1.165, 1.54) is 5.56 Å². The molecule has 1 aliphatic rings. The number of primary amides is 1. The third kappa shape index (κ3) is 6.67. The molecule has 1 unspecified atom stereocenters. The first kappa shape index (κ1) is 21.5. The average Bonchev–Trinajstić information content (AvgIpc) is 3.12. The molecule has 0 bridgehead atoms. The molecular weight excluding hydrogens is 473 g/mol. The molecule has 1 atom stereocenters. The van der Waals surface area contributed by atoms with E-state index in [1.807, 2.05) is 54.6 Å². The lowest BCUT2D eigenvalue weighted by Gasteiger charge is -2.23. The van der Waals surface area contributed by atoms with E-state index in [-0.39, 0.29) is 18.5 Å². The fourth-order valence-corrected chi connectivity index (χ4v) is 4.24. The molecule has 0 saturated carbocycles. The van der Waals surface area contributed by atoms with Crippen LogP contribution in [-0.4, -0.2) is 29.2 Å². The maximum Gasteiger partial charge on any atom is 0.249 e. The van der Waals surface area contributed by atoms with E-state index in [0.29, 0.717) is 12.1 Å². The Morgan fingerprint density at radius 1 is 1.15 bits per heavy atom. The molecule has 2 amide bonds. The van der Waals surface area contributed by atoms with Crippen LogP contribution in [0, 0.1) is 6.92 Å². The molecule has 0 saturated heterocycles. The highest BCUT2D eigenvalue weighted by molar-refractivity contribution is 14.2. The topological polar surface area (TPSA) is 75.4 Å². The molecule has 1 aliphatic heterocycles. The van der Waals surface area contributed by atoms with Gasteiger partial charge in [-0.3, -0.25) is 9.59 Å². The van der Waals surface area contributed by atoms with Gasteiger partial charge in [-0.15, -0.1) is 0 Å². The van der Waals surface area contributed by atoms with Gasteiger partial charge in [0.2, 0.25) is 11.8 Å². The lowest BCUT2D eigenvalue weighted by Crippen LogP contribution is -2.35. The van der Waals surface area contributed by atoms with Gasteiger partial charge in [-0.1, -0.05) is 72.3 Å². The highest BCUT2D eigenvalue weighted by Crippen LogP contribution is 2.40. The molecule has 0 fully saturated rings. The molecule has 2 aromatic carbocycles. The fourth-order valence-electron chi connectivity index (χ4n) is 2.63. The zero-order valence-electron chi connectivity index (χ0n) is 15.0. The standard InChI is InChI=1S/C13H14IN3O2S.C7H8/c14-20-17-7-6-10(13(19)16-8-11(15)18)12(17)9-4-2-1-3-5-9;1-7-5-3-2-4-6-7/h1-6,12H,7-8H2,(H2,15,18)(H,16,19);2-6H,1H3. The Kier molecular flexibility index (Phi) is 8.83. The number of nitrogens with zero attached hydrogens (tertiary/aromatic N) is 1. The van der Waals surface area contributed by atoms with Crippen LogP contribution in [0.3, 0.4) is 0 Å². The summed E-state index contributed by atoms with van der Waals surface area (Å²) in [6, 6.07) is 20.0. The van der Waals surface area contributed by atoms with E-state index in [1.54, 1.807) is 9.12 Å². The minimum Gasteiger partial charge on any atom is -0.368 e. The molecular formula is C20H22IN3O2S. The number of hydrogen-bond acceptors (Lipinski definition) is 4. The number of hydrogen-bond donors (Lipinski definition) is 2. The molecule has 3 N–H and O–H groups in total. The number of halogens is 1. The summed E-state index contributed by atoms with van der Waals surface area (Å²) < 4.78 is 2.11. The molecule has 7 heteroatoms. The molecule has 0 spiro atoms. The Bertz CT molecular complexity index is 784. The van der Waals surface area contributed by atoms with Crippen molar-refractivity contribution in [3.63, 3.8) is 0 Å². The summed E-state index contributed by atoms with van der Waals surface area (Å²) in [5, 5.41) is 2.55. The van der Waals surface area contributed by atoms with Crippen molar-refractivity contribution >= 4 is 42.1 Å². The van der Waals surface area contributed by atoms with Gasteiger partial charge in [-0.2, -0.15) is 0 Å². The quantitative estimate of drug-likeness (QED) is 0.492. The summed E-state index contributed by atoms with van der Waals surface area (Å²) in [4.78, 5) is 22.9. The minimum atomic E-state index is -0.548. The lowest BCUT2D eigenvalue weighted by atomic mass is 10.0. The molecule has 142 valence electrons. The largest absolute Gasteiger partial charge is 0.368 e. The predicted molar refractivity (Wildman–Crippen MR) is 119 cm³/mol. The first-order valence-electron chi connectivity index (χ1n) is 8.41.